The first-order chi connectivity index (χ1) is 5.64. The minimum atomic E-state index is 0.584. The van der Waals surface area contributed by atoms with Crippen LogP contribution in [0.15, 0.2) is 0 Å². The summed E-state index contributed by atoms with van der Waals surface area (Å²) in [6.45, 7) is 6.48. The van der Waals surface area contributed by atoms with Crippen LogP contribution in [0.2, 0.25) is 0 Å². The maximum absolute atomic E-state index is 5.44. The van der Waals surface area contributed by atoms with E-state index in [1.165, 1.54) is 25.7 Å². The largest absolute Gasteiger partial charge is 0.329 e. The number of hydrogen-bond acceptors (Lipinski definition) is 2. The molecule has 1 rings (SSSR count). The smallest absolute Gasteiger partial charge is 0.00770 e. The molecule has 1 fully saturated rings. The van der Waals surface area contributed by atoms with E-state index in [0.717, 1.165) is 19.1 Å². The van der Waals surface area contributed by atoms with E-state index >= 15 is 0 Å². The average Bonchev–Trinajstić information content (AvgIpc) is 2.03. The van der Waals surface area contributed by atoms with Crippen LogP contribution in [0.1, 0.15) is 39.5 Å². The quantitative estimate of drug-likeness (QED) is 0.673. The summed E-state index contributed by atoms with van der Waals surface area (Å²) in [6.07, 6.45) is 5.37. The van der Waals surface area contributed by atoms with Gasteiger partial charge in [-0.1, -0.05) is 13.8 Å². The fourth-order valence-electron chi connectivity index (χ4n) is 1.89. The lowest BCUT2D eigenvalue weighted by atomic mass is 9.75. The number of rotatable bonds is 3. The molecule has 0 aromatic rings. The van der Waals surface area contributed by atoms with Crippen LogP contribution in [0.25, 0.3) is 0 Å². The first-order valence-corrected chi connectivity index (χ1v) is 5.07. The van der Waals surface area contributed by atoms with Crippen LogP contribution < -0.4 is 11.1 Å². The van der Waals surface area contributed by atoms with Crippen molar-refractivity contribution in [3.05, 3.63) is 0 Å². The second kappa shape index (κ2) is 4.24. The van der Waals surface area contributed by atoms with Crippen molar-refractivity contribution >= 4 is 0 Å². The van der Waals surface area contributed by atoms with Gasteiger partial charge in [0, 0.05) is 19.1 Å². The molecule has 72 valence electrons. The molecule has 0 aliphatic heterocycles. The van der Waals surface area contributed by atoms with E-state index in [9.17, 15) is 0 Å². The Bertz CT molecular complexity index is 122. The summed E-state index contributed by atoms with van der Waals surface area (Å²) < 4.78 is 0. The highest BCUT2D eigenvalue weighted by molar-refractivity contribution is 4.81. The number of hydrogen-bond donors (Lipinski definition) is 2. The van der Waals surface area contributed by atoms with E-state index in [-0.39, 0.29) is 0 Å². The summed E-state index contributed by atoms with van der Waals surface area (Å²) in [5.74, 6) is 0. The number of nitrogens with two attached hydrogens (primary N) is 1. The Morgan fingerprint density at radius 2 is 1.92 bits per heavy atom. The third-order valence-electron chi connectivity index (χ3n) is 2.92. The van der Waals surface area contributed by atoms with Crippen molar-refractivity contribution in [2.75, 3.05) is 13.1 Å². The molecule has 0 aromatic heterocycles. The lowest BCUT2D eigenvalue weighted by Crippen LogP contribution is -2.37. The van der Waals surface area contributed by atoms with Crippen LogP contribution in [0.5, 0.6) is 0 Å². The molecule has 0 aromatic carbocycles. The minimum Gasteiger partial charge on any atom is -0.329 e. The van der Waals surface area contributed by atoms with Crippen molar-refractivity contribution in [3.8, 4) is 0 Å². The van der Waals surface area contributed by atoms with Crippen LogP contribution in [0, 0.1) is 5.41 Å². The van der Waals surface area contributed by atoms with Crippen molar-refractivity contribution in [2.45, 2.75) is 45.6 Å². The predicted molar refractivity (Wildman–Crippen MR) is 53.1 cm³/mol. The van der Waals surface area contributed by atoms with Gasteiger partial charge in [-0.05, 0) is 31.1 Å². The second-order valence-corrected chi connectivity index (χ2v) is 4.68. The molecule has 0 bridgehead atoms. The molecule has 0 amide bonds. The van der Waals surface area contributed by atoms with Gasteiger partial charge in [0.05, 0.1) is 0 Å². The standard InChI is InChI=1S/C10H22N2/c1-10(2)5-3-9(4-6-10)12-8-7-11/h9,12H,3-8,11H2,1-2H3. The van der Waals surface area contributed by atoms with E-state index in [4.69, 9.17) is 5.73 Å². The van der Waals surface area contributed by atoms with Crippen LogP contribution in [-0.2, 0) is 0 Å². The Morgan fingerprint density at radius 1 is 1.33 bits per heavy atom. The zero-order valence-electron chi connectivity index (χ0n) is 8.40. The minimum absolute atomic E-state index is 0.584. The van der Waals surface area contributed by atoms with Crippen molar-refractivity contribution in [1.29, 1.82) is 0 Å². The van der Waals surface area contributed by atoms with Gasteiger partial charge in [-0.2, -0.15) is 0 Å². The number of nitrogens with one attached hydrogen (secondary N) is 1. The normalized spacial score (nSPS) is 24.2. The molecule has 0 unspecified atom stereocenters. The first kappa shape index (κ1) is 10.0. The Morgan fingerprint density at radius 3 is 2.42 bits per heavy atom. The van der Waals surface area contributed by atoms with Gasteiger partial charge in [-0.25, -0.2) is 0 Å². The van der Waals surface area contributed by atoms with E-state index in [2.05, 4.69) is 19.2 Å². The van der Waals surface area contributed by atoms with E-state index in [1.807, 2.05) is 0 Å². The third kappa shape index (κ3) is 3.11. The Balaban J connectivity index is 2.18. The summed E-state index contributed by atoms with van der Waals surface area (Å²) in [4.78, 5) is 0. The van der Waals surface area contributed by atoms with Crippen molar-refractivity contribution in [3.63, 3.8) is 0 Å². The highest BCUT2D eigenvalue weighted by Crippen LogP contribution is 2.34. The summed E-state index contributed by atoms with van der Waals surface area (Å²) in [5.41, 5.74) is 6.02. The molecule has 1 saturated carbocycles. The molecule has 0 spiro atoms. The molecular weight excluding hydrogens is 148 g/mol. The molecule has 3 N–H and O–H groups in total. The van der Waals surface area contributed by atoms with Gasteiger partial charge < -0.3 is 11.1 Å². The predicted octanol–water partition coefficient (Wildman–Crippen LogP) is 1.50. The second-order valence-electron chi connectivity index (χ2n) is 4.68. The fraction of sp³-hybridized carbons (Fsp3) is 1.00. The zero-order valence-corrected chi connectivity index (χ0v) is 8.40. The SMILES string of the molecule is CC1(C)CCC(NCCN)CC1. The zero-order chi connectivity index (χ0) is 9.03. The molecule has 0 atom stereocenters. The molecule has 2 heteroatoms. The van der Waals surface area contributed by atoms with Crippen LogP contribution >= 0.6 is 0 Å². The van der Waals surface area contributed by atoms with E-state index in [1.54, 1.807) is 0 Å². The van der Waals surface area contributed by atoms with Gasteiger partial charge in [0.25, 0.3) is 0 Å². The highest BCUT2D eigenvalue weighted by Gasteiger charge is 2.25. The maximum atomic E-state index is 5.44. The molecule has 0 radical (unpaired) electrons. The Kier molecular flexibility index (Phi) is 3.53. The van der Waals surface area contributed by atoms with Crippen molar-refractivity contribution in [2.24, 2.45) is 11.1 Å². The lowest BCUT2D eigenvalue weighted by molar-refractivity contribution is 0.207. The Labute approximate surface area is 75.9 Å². The molecule has 1 aliphatic rings. The molecule has 2 nitrogen and oxygen atoms in total. The summed E-state index contributed by atoms with van der Waals surface area (Å²) in [6, 6.07) is 0.738. The van der Waals surface area contributed by atoms with Gasteiger partial charge >= 0.3 is 0 Å². The summed E-state index contributed by atoms with van der Waals surface area (Å²) in [5, 5.41) is 3.48. The summed E-state index contributed by atoms with van der Waals surface area (Å²) >= 11 is 0. The Hall–Kier alpha value is -0.0800. The van der Waals surface area contributed by atoms with E-state index in [0.29, 0.717) is 5.41 Å². The fourth-order valence-corrected chi connectivity index (χ4v) is 1.89. The monoisotopic (exact) mass is 170 g/mol. The topological polar surface area (TPSA) is 38.0 Å². The lowest BCUT2D eigenvalue weighted by Gasteiger charge is -2.34. The molecule has 12 heavy (non-hydrogen) atoms. The van der Waals surface area contributed by atoms with Crippen molar-refractivity contribution < 1.29 is 0 Å². The van der Waals surface area contributed by atoms with Gasteiger partial charge in [-0.15, -0.1) is 0 Å². The highest BCUT2D eigenvalue weighted by atomic mass is 14.9. The van der Waals surface area contributed by atoms with E-state index < -0.39 is 0 Å². The summed E-state index contributed by atoms with van der Waals surface area (Å²) in [7, 11) is 0. The van der Waals surface area contributed by atoms with Gasteiger partial charge in [0.15, 0.2) is 0 Å². The van der Waals surface area contributed by atoms with Gasteiger partial charge in [0.2, 0.25) is 0 Å². The van der Waals surface area contributed by atoms with Gasteiger partial charge in [-0.3, -0.25) is 0 Å². The van der Waals surface area contributed by atoms with Crippen LogP contribution in [0.3, 0.4) is 0 Å². The molecular formula is C10H22N2. The third-order valence-corrected chi connectivity index (χ3v) is 2.92. The first-order valence-electron chi connectivity index (χ1n) is 5.07. The average molecular weight is 170 g/mol. The van der Waals surface area contributed by atoms with Crippen LogP contribution in [0.4, 0.5) is 0 Å². The van der Waals surface area contributed by atoms with Crippen LogP contribution in [-0.4, -0.2) is 19.1 Å². The molecule has 1 aliphatic carbocycles. The molecule has 0 saturated heterocycles. The van der Waals surface area contributed by atoms with Crippen molar-refractivity contribution in [1.82, 2.24) is 5.32 Å². The van der Waals surface area contributed by atoms with Gasteiger partial charge in [0.1, 0.15) is 0 Å². The maximum Gasteiger partial charge on any atom is 0.00770 e. The molecule has 0 heterocycles.